The highest BCUT2D eigenvalue weighted by Gasteiger charge is 2.38. The number of nitrogens with one attached hydrogen (secondary N) is 1. The zero-order chi connectivity index (χ0) is 30.2. The number of hydrogen-bond acceptors (Lipinski definition) is 4. The van der Waals surface area contributed by atoms with Gasteiger partial charge in [-0.1, -0.05) is 27.7 Å². The van der Waals surface area contributed by atoms with Crippen LogP contribution in [0.25, 0.3) is 5.57 Å². The largest absolute Gasteiger partial charge is 0.618 e. The van der Waals surface area contributed by atoms with Gasteiger partial charge in [-0.3, -0.25) is 0 Å². The third-order valence-corrected chi connectivity index (χ3v) is 7.41. The molecule has 0 spiro atoms. The van der Waals surface area contributed by atoms with Gasteiger partial charge >= 0.3 is 12.4 Å². The highest BCUT2D eigenvalue weighted by molar-refractivity contribution is 5.70. The van der Waals surface area contributed by atoms with E-state index in [9.17, 15) is 36.7 Å². The Balaban J connectivity index is 1.98. The number of aliphatic hydroxyl groups is 1. The number of benzene rings is 1. The van der Waals surface area contributed by atoms with Crippen LogP contribution >= 0.6 is 0 Å². The van der Waals surface area contributed by atoms with Crippen molar-refractivity contribution in [3.8, 4) is 5.75 Å². The Hall–Kier alpha value is -2.79. The van der Waals surface area contributed by atoms with Gasteiger partial charge in [0.2, 0.25) is 0 Å². The second-order valence-corrected chi connectivity index (χ2v) is 11.5. The molecule has 1 unspecified atom stereocenters. The fourth-order valence-electron chi connectivity index (χ4n) is 5.10. The molecule has 0 amide bonds. The summed E-state index contributed by atoms with van der Waals surface area (Å²) < 4.78 is 86.4. The van der Waals surface area contributed by atoms with Gasteiger partial charge in [0.1, 0.15) is 0 Å². The number of halogens is 6. The van der Waals surface area contributed by atoms with Crippen molar-refractivity contribution in [2.45, 2.75) is 84.3 Å². The molecule has 11 heteroatoms. The molecule has 0 saturated carbocycles. The molecule has 40 heavy (non-hydrogen) atoms. The number of allylic oxidation sites excluding steroid dienone is 1. The first kappa shape index (κ1) is 31.7. The number of nitrogens with zero attached hydrogens (tertiary/aromatic N) is 1. The molecule has 1 heterocycles. The number of hydrogen-bond donors (Lipinski definition) is 2. The molecule has 2 aromatic rings. The van der Waals surface area contributed by atoms with E-state index in [-0.39, 0.29) is 23.9 Å². The lowest BCUT2D eigenvalue weighted by atomic mass is 9.73. The highest BCUT2D eigenvalue weighted by Crippen LogP contribution is 2.44. The number of methoxy groups -OCH3 is 1. The lowest BCUT2D eigenvalue weighted by Gasteiger charge is -2.34. The van der Waals surface area contributed by atoms with E-state index < -0.39 is 41.2 Å². The molecule has 0 aliphatic heterocycles. The van der Waals surface area contributed by atoms with Gasteiger partial charge in [-0.15, -0.1) is 0 Å². The molecule has 0 bridgehead atoms. The van der Waals surface area contributed by atoms with Crippen molar-refractivity contribution < 1.29 is 40.9 Å². The lowest BCUT2D eigenvalue weighted by Crippen LogP contribution is -2.40. The van der Waals surface area contributed by atoms with Gasteiger partial charge in [-0.2, -0.15) is 31.1 Å². The molecule has 0 saturated heterocycles. The van der Waals surface area contributed by atoms with E-state index in [2.05, 4.69) is 19.2 Å². The van der Waals surface area contributed by atoms with Crippen LogP contribution in [0.15, 0.2) is 35.9 Å². The zero-order valence-corrected chi connectivity index (χ0v) is 23.4. The third kappa shape index (κ3) is 7.09. The molecule has 0 fully saturated rings. The second-order valence-electron chi connectivity index (χ2n) is 11.5. The zero-order valence-electron chi connectivity index (χ0n) is 23.4. The molecule has 5 nitrogen and oxygen atoms in total. The summed E-state index contributed by atoms with van der Waals surface area (Å²) in [5, 5.41) is 27.3. The lowest BCUT2D eigenvalue weighted by molar-refractivity contribution is -0.618. The topological polar surface area (TPSA) is 68.4 Å². The highest BCUT2D eigenvalue weighted by atomic mass is 19.4. The van der Waals surface area contributed by atoms with Crippen molar-refractivity contribution in [2.75, 3.05) is 13.7 Å². The summed E-state index contributed by atoms with van der Waals surface area (Å²) in [6.45, 7) is 9.62. The number of rotatable bonds is 8. The monoisotopic (exact) mass is 574 g/mol. The molecular weight excluding hydrogens is 538 g/mol. The summed E-state index contributed by atoms with van der Waals surface area (Å²) in [4.78, 5) is 0. The van der Waals surface area contributed by atoms with Crippen molar-refractivity contribution in [1.82, 2.24) is 5.32 Å². The smallest absolute Gasteiger partial charge is 0.416 e. The maximum atomic E-state index is 13.4. The van der Waals surface area contributed by atoms with Crippen LogP contribution in [-0.2, 0) is 12.4 Å². The molecule has 3 rings (SSSR count). The van der Waals surface area contributed by atoms with E-state index in [4.69, 9.17) is 4.74 Å². The third-order valence-electron chi connectivity index (χ3n) is 7.41. The first-order valence-corrected chi connectivity index (χ1v) is 13.1. The number of alkyl halides is 6. The summed E-state index contributed by atoms with van der Waals surface area (Å²) in [7, 11) is 1.47. The van der Waals surface area contributed by atoms with E-state index >= 15 is 0 Å². The van der Waals surface area contributed by atoms with Crippen LogP contribution in [0.5, 0.6) is 5.75 Å². The molecule has 0 radical (unpaired) electrons. The van der Waals surface area contributed by atoms with Crippen LogP contribution in [0.2, 0.25) is 0 Å². The summed E-state index contributed by atoms with van der Waals surface area (Å²) in [5.41, 5.74) is -0.984. The van der Waals surface area contributed by atoms with Gasteiger partial charge < -0.3 is 20.4 Å². The Labute approximate surface area is 230 Å². The van der Waals surface area contributed by atoms with Crippen molar-refractivity contribution in [1.29, 1.82) is 0 Å². The quantitative estimate of drug-likeness (QED) is 0.199. The normalized spacial score (nSPS) is 17.8. The van der Waals surface area contributed by atoms with Gasteiger partial charge in [-0.25, -0.2) is 0 Å². The Morgan fingerprint density at radius 1 is 1.02 bits per heavy atom. The van der Waals surface area contributed by atoms with Crippen molar-refractivity contribution in [2.24, 2.45) is 5.41 Å². The van der Waals surface area contributed by atoms with E-state index in [1.54, 1.807) is 12.1 Å². The average molecular weight is 575 g/mol. The van der Waals surface area contributed by atoms with Crippen LogP contribution in [0, 0.1) is 10.6 Å². The molecular formula is C29H36F6N2O3. The molecule has 1 aromatic carbocycles. The Morgan fingerprint density at radius 3 is 2.10 bits per heavy atom. The van der Waals surface area contributed by atoms with Gasteiger partial charge in [0.15, 0.2) is 11.4 Å². The van der Waals surface area contributed by atoms with Gasteiger partial charge in [0, 0.05) is 30.1 Å². The molecule has 1 aromatic heterocycles. The first-order valence-electron chi connectivity index (χ1n) is 13.1. The predicted octanol–water partition coefficient (Wildman–Crippen LogP) is 7.17. The summed E-state index contributed by atoms with van der Waals surface area (Å²) in [6, 6.07) is 3.66. The average Bonchev–Trinajstić information content (AvgIpc) is 2.85. The van der Waals surface area contributed by atoms with Crippen molar-refractivity contribution >= 4 is 5.57 Å². The van der Waals surface area contributed by atoms with Crippen LogP contribution < -0.4 is 14.8 Å². The maximum Gasteiger partial charge on any atom is 0.416 e. The van der Waals surface area contributed by atoms with Gasteiger partial charge in [0.05, 0.1) is 24.3 Å². The standard InChI is InChI=1S/C29H36F6N2O3/c1-16(2)23-7-8-24(40-6)25(37(23)39)22-9-10-27(4,5)14-19(22)15-36-17(3)26(38)18-11-20(28(30,31)32)13-21(12-18)29(33,34)35/h7-8,11-13,16-17,26,36,38H,9-10,14-15H2,1-6H3/t17-,26?/m0/s1. The summed E-state index contributed by atoms with van der Waals surface area (Å²) >= 11 is 0. The van der Waals surface area contributed by atoms with Crippen LogP contribution in [0.1, 0.15) is 94.0 Å². The van der Waals surface area contributed by atoms with E-state index in [0.29, 0.717) is 42.1 Å². The number of aliphatic hydroxyl groups excluding tert-OH is 1. The first-order chi connectivity index (χ1) is 18.4. The van der Waals surface area contributed by atoms with Crippen molar-refractivity contribution in [3.63, 3.8) is 0 Å². The van der Waals surface area contributed by atoms with Crippen LogP contribution in [0.3, 0.4) is 0 Å². The molecule has 2 atom stereocenters. The summed E-state index contributed by atoms with van der Waals surface area (Å²) in [5.74, 6) is 0.358. The molecule has 1 aliphatic rings. The van der Waals surface area contributed by atoms with E-state index in [0.717, 1.165) is 22.3 Å². The maximum absolute atomic E-state index is 13.4. The minimum Gasteiger partial charge on any atom is -0.618 e. The number of ether oxygens (including phenoxy) is 1. The fourth-order valence-corrected chi connectivity index (χ4v) is 5.10. The van der Waals surface area contributed by atoms with Crippen molar-refractivity contribution in [3.05, 3.63) is 69.2 Å². The molecule has 1 aliphatic carbocycles. The van der Waals surface area contributed by atoms with Crippen LogP contribution in [0.4, 0.5) is 26.3 Å². The Bertz CT molecular complexity index is 1220. The SMILES string of the molecule is COc1ccc(C(C)C)[n+]([O-])c1C1=C(CN[C@@H](C)C(O)c2cc(C(F)(F)F)cc(C(F)(F)F)c2)CC(C)(C)CC1. The minimum atomic E-state index is -5.02. The van der Waals surface area contributed by atoms with E-state index in [1.165, 1.54) is 14.0 Å². The van der Waals surface area contributed by atoms with Gasteiger partial charge in [0.25, 0.3) is 5.69 Å². The number of aromatic nitrogens is 1. The Kier molecular flexibility index (Phi) is 9.20. The van der Waals surface area contributed by atoms with Gasteiger partial charge in [-0.05, 0) is 67.0 Å². The van der Waals surface area contributed by atoms with Crippen LogP contribution in [-0.4, -0.2) is 24.8 Å². The molecule has 222 valence electrons. The summed E-state index contributed by atoms with van der Waals surface area (Å²) in [6.07, 6.45) is -9.73. The predicted molar refractivity (Wildman–Crippen MR) is 139 cm³/mol. The molecule has 2 N–H and O–H groups in total. The van der Waals surface area contributed by atoms with E-state index in [1.807, 2.05) is 13.8 Å². The fraction of sp³-hybridized carbons (Fsp3) is 0.552. The number of pyridine rings is 1. The Morgan fingerprint density at radius 2 is 1.60 bits per heavy atom. The second kappa shape index (κ2) is 11.6. The minimum absolute atomic E-state index is 0.0341.